The third-order valence-electron chi connectivity index (χ3n) is 4.11. The summed E-state index contributed by atoms with van der Waals surface area (Å²) in [4.78, 5) is 33.4. The molecule has 1 aromatic heterocycles. The summed E-state index contributed by atoms with van der Waals surface area (Å²) in [6.45, 7) is -0.168. The minimum Gasteiger partial charge on any atom is -0.535 e. The van der Waals surface area contributed by atoms with Gasteiger partial charge in [-0.15, -0.1) is 0 Å². The number of para-hydroxylation sites is 1. The van der Waals surface area contributed by atoms with Gasteiger partial charge in [-0.25, -0.2) is 4.79 Å². The number of carbonyl (C=O) groups is 2. The lowest BCUT2D eigenvalue weighted by Gasteiger charge is -2.27. The van der Waals surface area contributed by atoms with Crippen LogP contribution in [0.1, 0.15) is 22.3 Å². The quantitative estimate of drug-likeness (QED) is 0.440. The summed E-state index contributed by atoms with van der Waals surface area (Å²) >= 11 is 0. The molecule has 2 aromatic rings. The zero-order valence-electron chi connectivity index (χ0n) is 13.4. The first-order valence-electron chi connectivity index (χ1n) is 7.73. The molecule has 2 N–H and O–H groups in total. The van der Waals surface area contributed by atoms with Crippen LogP contribution in [0.25, 0.3) is 0 Å². The van der Waals surface area contributed by atoms with Crippen LogP contribution in [0.4, 0.5) is 5.69 Å². The predicted octanol–water partition coefficient (Wildman–Crippen LogP) is 0.934. The van der Waals surface area contributed by atoms with Gasteiger partial charge in [-0.3, -0.25) is 19.6 Å². The van der Waals surface area contributed by atoms with Crippen LogP contribution in [0.2, 0.25) is 5.82 Å². The average Bonchev–Trinajstić information content (AvgIpc) is 3.03. The number of rotatable bonds is 6. The van der Waals surface area contributed by atoms with Gasteiger partial charge in [-0.1, -0.05) is 12.1 Å². The highest BCUT2D eigenvalue weighted by Gasteiger charge is 2.37. The van der Waals surface area contributed by atoms with Gasteiger partial charge in [0.25, 0.3) is 0 Å². The van der Waals surface area contributed by atoms with Crippen molar-refractivity contribution in [3.63, 3.8) is 0 Å². The van der Waals surface area contributed by atoms with E-state index in [0.29, 0.717) is 5.56 Å². The fourth-order valence-electron chi connectivity index (χ4n) is 2.90. The predicted molar refractivity (Wildman–Crippen MR) is 88.0 cm³/mol. The maximum atomic E-state index is 12.2. The standard InChI is InChI=1S/C15H14BN3O7/c20-12(8-18-7-11(6-17-18)19(24)25)5-10-4-9-2-1-3-13(15(21)22)14(9)26-16(10)23/h1-3,6-7,10,23H,4-5,8H2,(H,21,22)/t10-/m1/s1. The number of benzene rings is 1. The number of hydrogen-bond donors (Lipinski definition) is 2. The number of aromatic nitrogens is 2. The number of Topliss-reactive ketones (excluding diaryl/α,β-unsaturated/α-hetero) is 1. The number of nitro groups is 1. The lowest BCUT2D eigenvalue weighted by Crippen LogP contribution is -2.36. The van der Waals surface area contributed by atoms with Gasteiger partial charge in [0.2, 0.25) is 0 Å². The van der Waals surface area contributed by atoms with Gasteiger partial charge < -0.3 is 14.8 Å². The van der Waals surface area contributed by atoms with E-state index in [2.05, 4.69) is 5.10 Å². The molecule has 0 saturated heterocycles. The SMILES string of the molecule is O=C(C[C@H]1Cc2cccc(C(=O)O)c2OB1O)Cn1cc([N+](=O)[O-])cn1. The molecule has 3 rings (SSSR count). The van der Waals surface area contributed by atoms with Crippen LogP contribution in [-0.2, 0) is 17.8 Å². The Morgan fingerprint density at radius 1 is 1.46 bits per heavy atom. The first-order chi connectivity index (χ1) is 12.3. The highest BCUT2D eigenvalue weighted by molar-refractivity contribution is 6.47. The maximum Gasteiger partial charge on any atom is 0.526 e. The van der Waals surface area contributed by atoms with E-state index in [4.69, 9.17) is 4.65 Å². The van der Waals surface area contributed by atoms with Crippen LogP contribution in [0.5, 0.6) is 5.75 Å². The van der Waals surface area contributed by atoms with E-state index < -0.39 is 23.8 Å². The summed E-state index contributed by atoms with van der Waals surface area (Å²) < 4.78 is 6.49. The second-order valence-corrected chi connectivity index (χ2v) is 5.97. The van der Waals surface area contributed by atoms with Crippen LogP contribution < -0.4 is 4.65 Å². The van der Waals surface area contributed by atoms with Crippen molar-refractivity contribution in [2.45, 2.75) is 25.2 Å². The van der Waals surface area contributed by atoms with E-state index in [0.717, 1.165) is 17.1 Å². The molecule has 1 aliphatic rings. The molecule has 0 amide bonds. The molecule has 26 heavy (non-hydrogen) atoms. The number of carboxylic acids is 1. The number of aromatic carboxylic acids is 1. The summed E-state index contributed by atoms with van der Waals surface area (Å²) in [5.74, 6) is -1.89. The van der Waals surface area contributed by atoms with Crippen molar-refractivity contribution in [3.05, 3.63) is 51.8 Å². The Kier molecular flexibility index (Phi) is 4.72. The third kappa shape index (κ3) is 3.57. The van der Waals surface area contributed by atoms with E-state index in [1.54, 1.807) is 12.1 Å². The van der Waals surface area contributed by atoms with Gasteiger partial charge in [-0.2, -0.15) is 5.10 Å². The van der Waals surface area contributed by atoms with Crippen molar-refractivity contribution in [1.82, 2.24) is 9.78 Å². The molecule has 0 aliphatic carbocycles. The van der Waals surface area contributed by atoms with Gasteiger partial charge >= 0.3 is 18.8 Å². The molecular weight excluding hydrogens is 345 g/mol. The van der Waals surface area contributed by atoms with Crippen LogP contribution in [0.3, 0.4) is 0 Å². The average molecular weight is 359 g/mol. The smallest absolute Gasteiger partial charge is 0.526 e. The van der Waals surface area contributed by atoms with Crippen molar-refractivity contribution < 1.29 is 29.3 Å². The monoisotopic (exact) mass is 359 g/mol. The van der Waals surface area contributed by atoms with Crippen LogP contribution in [-0.4, -0.2) is 43.7 Å². The molecule has 1 atom stereocenters. The second kappa shape index (κ2) is 6.96. The highest BCUT2D eigenvalue weighted by atomic mass is 16.6. The zero-order chi connectivity index (χ0) is 18.8. The molecule has 0 spiro atoms. The molecular formula is C15H14BN3O7. The fraction of sp³-hybridized carbons (Fsp3) is 0.267. The Morgan fingerprint density at radius 2 is 2.23 bits per heavy atom. The van der Waals surface area contributed by atoms with Crippen molar-refractivity contribution in [2.24, 2.45) is 0 Å². The number of carboxylic acid groups (broad SMARTS) is 1. The van der Waals surface area contributed by atoms with Crippen molar-refractivity contribution in [2.75, 3.05) is 0 Å². The second-order valence-electron chi connectivity index (χ2n) is 5.97. The number of hydrogen-bond acceptors (Lipinski definition) is 7. The van der Waals surface area contributed by atoms with E-state index in [1.807, 2.05) is 0 Å². The van der Waals surface area contributed by atoms with E-state index in [-0.39, 0.29) is 42.2 Å². The molecule has 11 heteroatoms. The largest absolute Gasteiger partial charge is 0.535 e. The number of fused-ring (bicyclic) bond motifs is 1. The number of carbonyl (C=O) groups excluding carboxylic acids is 1. The Hall–Kier alpha value is -3.21. The normalized spacial score (nSPS) is 15.9. The Balaban J connectivity index is 1.68. The summed E-state index contributed by atoms with van der Waals surface area (Å²) in [5, 5.41) is 33.7. The van der Waals surface area contributed by atoms with Gasteiger partial charge in [0.1, 0.15) is 18.1 Å². The zero-order valence-corrected chi connectivity index (χ0v) is 13.4. The van der Waals surface area contributed by atoms with Crippen molar-refractivity contribution >= 4 is 24.6 Å². The first kappa shape index (κ1) is 17.6. The molecule has 0 bridgehead atoms. The van der Waals surface area contributed by atoms with Crippen molar-refractivity contribution in [1.29, 1.82) is 0 Å². The Labute approximate surface area is 147 Å². The third-order valence-corrected chi connectivity index (χ3v) is 4.11. The molecule has 0 radical (unpaired) electrons. The van der Waals surface area contributed by atoms with E-state index in [9.17, 15) is 29.8 Å². The Morgan fingerprint density at radius 3 is 2.88 bits per heavy atom. The van der Waals surface area contributed by atoms with Gasteiger partial charge in [0.15, 0.2) is 5.78 Å². The Bertz CT molecular complexity index is 882. The fourth-order valence-corrected chi connectivity index (χ4v) is 2.90. The summed E-state index contributed by atoms with van der Waals surface area (Å²) in [6, 6.07) is 4.64. The van der Waals surface area contributed by atoms with Gasteiger partial charge in [0.05, 0.1) is 17.0 Å². The highest BCUT2D eigenvalue weighted by Crippen LogP contribution is 2.36. The molecule has 10 nitrogen and oxygen atoms in total. The summed E-state index contributed by atoms with van der Waals surface area (Å²) in [6.07, 6.45) is 2.45. The van der Waals surface area contributed by atoms with Gasteiger partial charge in [0, 0.05) is 12.2 Å². The molecule has 2 heterocycles. The first-order valence-corrected chi connectivity index (χ1v) is 7.73. The topological polar surface area (TPSA) is 145 Å². The number of ketones is 1. The van der Waals surface area contributed by atoms with Crippen LogP contribution >= 0.6 is 0 Å². The summed E-state index contributed by atoms with van der Waals surface area (Å²) in [7, 11) is -1.32. The maximum absolute atomic E-state index is 12.2. The molecule has 0 unspecified atom stereocenters. The molecule has 0 saturated carbocycles. The number of nitrogens with zero attached hydrogens (tertiary/aromatic N) is 3. The molecule has 1 aromatic carbocycles. The molecule has 134 valence electrons. The summed E-state index contributed by atoms with van der Waals surface area (Å²) in [5.41, 5.74) is 0.340. The van der Waals surface area contributed by atoms with Crippen LogP contribution in [0.15, 0.2) is 30.6 Å². The van der Waals surface area contributed by atoms with E-state index >= 15 is 0 Å². The molecule has 0 fully saturated rings. The lowest BCUT2D eigenvalue weighted by atomic mass is 9.64. The minimum absolute atomic E-state index is 0.0361. The van der Waals surface area contributed by atoms with Gasteiger partial charge in [-0.05, 0) is 18.1 Å². The van der Waals surface area contributed by atoms with E-state index in [1.165, 1.54) is 6.07 Å². The lowest BCUT2D eigenvalue weighted by molar-refractivity contribution is -0.385. The van der Waals surface area contributed by atoms with Crippen molar-refractivity contribution in [3.8, 4) is 5.75 Å². The molecule has 1 aliphatic heterocycles. The van der Waals surface area contributed by atoms with Crippen LogP contribution in [0, 0.1) is 10.1 Å². The minimum atomic E-state index is -1.32.